The van der Waals surface area contributed by atoms with Gasteiger partial charge in [0.1, 0.15) is 5.75 Å². The number of hydrogen-bond acceptors (Lipinski definition) is 3. The number of aryl methyl sites for hydroxylation is 1. The van der Waals surface area contributed by atoms with Crippen molar-refractivity contribution in [3.8, 4) is 5.75 Å². The first kappa shape index (κ1) is 20.5. The van der Waals surface area contributed by atoms with Gasteiger partial charge in [0.05, 0.1) is 7.11 Å². The van der Waals surface area contributed by atoms with Crippen LogP contribution in [0, 0.1) is 0 Å². The van der Waals surface area contributed by atoms with E-state index in [1.807, 2.05) is 0 Å². The van der Waals surface area contributed by atoms with Crippen LogP contribution < -0.4 is 10.1 Å². The van der Waals surface area contributed by atoms with Crippen molar-refractivity contribution in [2.45, 2.75) is 57.9 Å². The van der Waals surface area contributed by atoms with Gasteiger partial charge in [-0.15, -0.1) is 0 Å². The SMILES string of the molecule is CCc1ccc(OC)cc1[C@]1(CC)CCN(C)C(C)C1.CNC=O. The molecular weight excluding hydrogens is 300 g/mol. The molecule has 1 unspecified atom stereocenters. The molecule has 1 aliphatic rings. The Balaban J connectivity index is 0.000000648. The summed E-state index contributed by atoms with van der Waals surface area (Å²) in [5, 5.41) is 2.25. The largest absolute Gasteiger partial charge is 0.497 e. The molecule has 0 spiro atoms. The zero-order chi connectivity index (χ0) is 18.2. The van der Waals surface area contributed by atoms with Crippen LogP contribution in [-0.4, -0.2) is 45.1 Å². The Morgan fingerprint density at radius 2 is 2.08 bits per heavy atom. The number of rotatable bonds is 5. The third-order valence-electron chi connectivity index (χ3n) is 5.45. The highest BCUT2D eigenvalue weighted by Crippen LogP contribution is 2.43. The first-order valence-electron chi connectivity index (χ1n) is 8.96. The Kier molecular flexibility index (Phi) is 8.26. The van der Waals surface area contributed by atoms with Crippen LogP contribution in [0.2, 0.25) is 0 Å². The Labute approximate surface area is 147 Å². The number of nitrogens with one attached hydrogen (secondary N) is 1. The van der Waals surface area contributed by atoms with E-state index in [1.54, 1.807) is 14.2 Å². The molecule has 1 heterocycles. The van der Waals surface area contributed by atoms with Crippen LogP contribution in [0.1, 0.15) is 51.2 Å². The molecule has 1 fully saturated rings. The summed E-state index contributed by atoms with van der Waals surface area (Å²) in [5.74, 6) is 0.997. The maximum atomic E-state index is 9.06. The van der Waals surface area contributed by atoms with Gasteiger partial charge in [-0.2, -0.15) is 0 Å². The van der Waals surface area contributed by atoms with Crippen LogP contribution >= 0.6 is 0 Å². The van der Waals surface area contributed by atoms with Crippen LogP contribution in [0.5, 0.6) is 5.75 Å². The first-order chi connectivity index (χ1) is 11.5. The molecule has 0 radical (unpaired) electrons. The fourth-order valence-electron chi connectivity index (χ4n) is 3.67. The van der Waals surface area contributed by atoms with Gasteiger partial charge in [-0.1, -0.05) is 19.9 Å². The second kappa shape index (κ2) is 9.67. The van der Waals surface area contributed by atoms with E-state index in [0.29, 0.717) is 17.9 Å². The van der Waals surface area contributed by atoms with Gasteiger partial charge < -0.3 is 15.0 Å². The van der Waals surface area contributed by atoms with Gasteiger partial charge in [0.25, 0.3) is 0 Å². The van der Waals surface area contributed by atoms with Gasteiger partial charge in [0.15, 0.2) is 0 Å². The zero-order valence-electron chi connectivity index (χ0n) is 16.2. The summed E-state index contributed by atoms with van der Waals surface area (Å²) in [5.41, 5.74) is 3.34. The quantitative estimate of drug-likeness (QED) is 0.839. The van der Waals surface area contributed by atoms with E-state index in [4.69, 9.17) is 9.53 Å². The molecule has 0 bridgehead atoms. The average molecular weight is 335 g/mol. The summed E-state index contributed by atoms with van der Waals surface area (Å²) in [6.45, 7) is 8.15. The maximum Gasteiger partial charge on any atom is 0.206 e. The number of carbonyl (C=O) groups is 1. The second-order valence-electron chi connectivity index (χ2n) is 6.70. The highest BCUT2D eigenvalue weighted by atomic mass is 16.5. The summed E-state index contributed by atoms with van der Waals surface area (Å²) in [6.07, 6.45) is 5.45. The second-order valence-corrected chi connectivity index (χ2v) is 6.70. The molecule has 136 valence electrons. The molecule has 0 saturated carbocycles. The number of benzene rings is 1. The summed E-state index contributed by atoms with van der Waals surface area (Å²) >= 11 is 0. The van der Waals surface area contributed by atoms with E-state index in [9.17, 15) is 0 Å². The van der Waals surface area contributed by atoms with Gasteiger partial charge >= 0.3 is 0 Å². The van der Waals surface area contributed by atoms with Gasteiger partial charge in [0, 0.05) is 13.1 Å². The van der Waals surface area contributed by atoms with E-state index in [2.05, 4.69) is 56.2 Å². The minimum absolute atomic E-state index is 0.325. The van der Waals surface area contributed by atoms with Crippen LogP contribution in [0.4, 0.5) is 0 Å². The van der Waals surface area contributed by atoms with Crippen molar-refractivity contribution in [1.82, 2.24) is 10.2 Å². The smallest absolute Gasteiger partial charge is 0.206 e. The van der Waals surface area contributed by atoms with Crippen molar-refractivity contribution >= 4 is 6.41 Å². The molecule has 0 aromatic heterocycles. The summed E-state index contributed by atoms with van der Waals surface area (Å²) in [4.78, 5) is 11.5. The minimum atomic E-state index is 0.325. The topological polar surface area (TPSA) is 41.6 Å². The number of hydrogen-bond donors (Lipinski definition) is 1. The van der Waals surface area contributed by atoms with E-state index in [-0.39, 0.29) is 0 Å². The summed E-state index contributed by atoms with van der Waals surface area (Å²) < 4.78 is 5.47. The van der Waals surface area contributed by atoms with Crippen molar-refractivity contribution in [3.63, 3.8) is 0 Å². The zero-order valence-corrected chi connectivity index (χ0v) is 16.2. The van der Waals surface area contributed by atoms with Crippen molar-refractivity contribution in [2.75, 3.05) is 27.7 Å². The lowest BCUT2D eigenvalue weighted by Crippen LogP contribution is -2.46. The predicted octanol–water partition coefficient (Wildman–Crippen LogP) is 3.38. The number of ether oxygens (including phenoxy) is 1. The Hall–Kier alpha value is -1.55. The molecule has 2 rings (SSSR count). The van der Waals surface area contributed by atoms with Gasteiger partial charge in [0.2, 0.25) is 6.41 Å². The van der Waals surface area contributed by atoms with Crippen LogP contribution in [0.3, 0.4) is 0 Å². The number of nitrogens with zero attached hydrogens (tertiary/aromatic N) is 1. The van der Waals surface area contributed by atoms with E-state index in [1.165, 1.54) is 36.9 Å². The summed E-state index contributed by atoms with van der Waals surface area (Å²) in [6, 6.07) is 7.30. The predicted molar refractivity (Wildman–Crippen MR) is 101 cm³/mol. The molecule has 1 aromatic rings. The Morgan fingerprint density at radius 3 is 2.54 bits per heavy atom. The van der Waals surface area contributed by atoms with Crippen LogP contribution in [0.15, 0.2) is 18.2 Å². The van der Waals surface area contributed by atoms with E-state index in [0.717, 1.165) is 12.2 Å². The fraction of sp³-hybridized carbons (Fsp3) is 0.650. The lowest BCUT2D eigenvalue weighted by Gasteiger charge is -2.45. The molecular formula is C20H34N2O2. The number of amides is 1. The monoisotopic (exact) mass is 334 g/mol. The molecule has 1 N–H and O–H groups in total. The third kappa shape index (κ3) is 4.73. The van der Waals surface area contributed by atoms with Crippen LogP contribution in [-0.2, 0) is 16.6 Å². The lowest BCUT2D eigenvalue weighted by atomic mass is 9.67. The molecule has 2 atom stereocenters. The highest BCUT2D eigenvalue weighted by molar-refractivity contribution is 5.44. The van der Waals surface area contributed by atoms with Crippen molar-refractivity contribution in [3.05, 3.63) is 29.3 Å². The number of likely N-dealkylation sites (tertiary alicyclic amines) is 1. The van der Waals surface area contributed by atoms with Crippen LogP contribution in [0.25, 0.3) is 0 Å². The average Bonchev–Trinajstić information content (AvgIpc) is 2.63. The third-order valence-corrected chi connectivity index (χ3v) is 5.45. The molecule has 4 nitrogen and oxygen atoms in total. The van der Waals surface area contributed by atoms with Gasteiger partial charge in [-0.25, -0.2) is 0 Å². The first-order valence-corrected chi connectivity index (χ1v) is 8.96. The minimum Gasteiger partial charge on any atom is -0.497 e. The Morgan fingerprint density at radius 1 is 1.42 bits per heavy atom. The van der Waals surface area contributed by atoms with Crippen molar-refractivity contribution in [1.29, 1.82) is 0 Å². The normalized spacial score (nSPS) is 23.8. The maximum absolute atomic E-state index is 9.06. The molecule has 0 aliphatic carbocycles. The van der Waals surface area contributed by atoms with E-state index < -0.39 is 0 Å². The Bertz CT molecular complexity index is 518. The van der Waals surface area contributed by atoms with Gasteiger partial charge in [-0.05, 0) is 74.9 Å². The standard InChI is InChI=1S/C18H29NO.C2H5NO/c1-6-15-8-9-16(20-5)12-17(15)18(7-2)10-11-19(4)14(3)13-18;1-3-2-4/h8-9,12,14H,6-7,10-11,13H2,1-5H3;2H,1H3,(H,3,4)/t14?,18-;/m1./s1. The lowest BCUT2D eigenvalue weighted by molar-refractivity contribution is -0.109. The summed E-state index contributed by atoms with van der Waals surface area (Å²) in [7, 11) is 5.57. The fourth-order valence-corrected chi connectivity index (χ4v) is 3.67. The molecule has 4 heteroatoms. The molecule has 1 aliphatic heterocycles. The molecule has 1 amide bonds. The van der Waals surface area contributed by atoms with Crippen molar-refractivity contribution in [2.24, 2.45) is 0 Å². The number of piperidine rings is 1. The molecule has 1 aromatic carbocycles. The highest BCUT2D eigenvalue weighted by Gasteiger charge is 2.38. The molecule has 24 heavy (non-hydrogen) atoms. The number of methoxy groups -OCH3 is 1. The molecule has 1 saturated heterocycles. The van der Waals surface area contributed by atoms with E-state index >= 15 is 0 Å². The van der Waals surface area contributed by atoms with Gasteiger partial charge in [-0.3, -0.25) is 4.79 Å². The number of carbonyl (C=O) groups excluding carboxylic acids is 1. The van der Waals surface area contributed by atoms with Crippen molar-refractivity contribution < 1.29 is 9.53 Å².